The first-order chi connectivity index (χ1) is 8.26. The maximum Gasteiger partial charge on any atom is 0.315 e. The van der Waals surface area contributed by atoms with E-state index in [0.717, 1.165) is 0 Å². The smallest absolute Gasteiger partial charge is 0.315 e. The number of rotatable bonds is 6. The molecule has 0 aromatic heterocycles. The van der Waals surface area contributed by atoms with Crippen LogP contribution < -0.4 is 4.74 Å². The quantitative estimate of drug-likeness (QED) is 0.570. The molecule has 0 aliphatic carbocycles. The maximum atomic E-state index is 10.8. The van der Waals surface area contributed by atoms with E-state index in [1.165, 1.54) is 18.9 Å². The fourth-order valence-electron chi connectivity index (χ4n) is 1.09. The van der Waals surface area contributed by atoms with Crippen LogP contribution >= 0.6 is 11.8 Å². The molecule has 0 radical (unpaired) electrons. The maximum absolute atomic E-state index is 10.8. The molecule has 1 aromatic rings. The first-order valence-electron chi connectivity index (χ1n) is 5.04. The molecule has 0 atom stereocenters. The predicted molar refractivity (Wildman–Crippen MR) is 66.0 cm³/mol. The fourth-order valence-corrected chi connectivity index (χ4v) is 1.72. The molecule has 17 heavy (non-hydrogen) atoms. The van der Waals surface area contributed by atoms with Gasteiger partial charge in [0.1, 0.15) is 5.75 Å². The van der Waals surface area contributed by atoms with Crippen LogP contribution in [-0.4, -0.2) is 31.2 Å². The van der Waals surface area contributed by atoms with Gasteiger partial charge in [-0.1, -0.05) is 6.07 Å². The Bertz CT molecular complexity index is 414. The van der Waals surface area contributed by atoms with Gasteiger partial charge in [0.25, 0.3) is 0 Å². The van der Waals surface area contributed by atoms with Crippen LogP contribution in [-0.2, 0) is 9.53 Å². The molecule has 0 spiro atoms. The lowest BCUT2D eigenvalue weighted by atomic mass is 10.2. The molecule has 5 heteroatoms. The molecule has 0 saturated carbocycles. The van der Waals surface area contributed by atoms with Crippen LogP contribution in [0.5, 0.6) is 5.75 Å². The van der Waals surface area contributed by atoms with Crippen molar-refractivity contribution in [3.63, 3.8) is 0 Å². The molecule has 0 unspecified atom stereocenters. The Morgan fingerprint density at radius 3 is 3.06 bits per heavy atom. The van der Waals surface area contributed by atoms with Gasteiger partial charge in [0.15, 0.2) is 0 Å². The van der Waals surface area contributed by atoms with Crippen molar-refractivity contribution in [1.29, 1.82) is 5.26 Å². The molecule has 0 saturated heterocycles. The van der Waals surface area contributed by atoms with Crippen molar-refractivity contribution in [3.05, 3.63) is 29.8 Å². The van der Waals surface area contributed by atoms with E-state index in [0.29, 0.717) is 29.4 Å². The minimum absolute atomic E-state index is 0.235. The van der Waals surface area contributed by atoms with Crippen molar-refractivity contribution in [1.82, 2.24) is 0 Å². The van der Waals surface area contributed by atoms with E-state index in [1.54, 1.807) is 24.3 Å². The minimum Gasteiger partial charge on any atom is -0.493 e. The summed E-state index contributed by atoms with van der Waals surface area (Å²) in [4.78, 5) is 10.8. The highest BCUT2D eigenvalue weighted by Crippen LogP contribution is 2.13. The Hall–Kier alpha value is -1.67. The number of nitriles is 1. The fraction of sp³-hybridized carbons (Fsp3) is 0.333. The second-order valence-electron chi connectivity index (χ2n) is 3.12. The van der Waals surface area contributed by atoms with E-state index in [1.807, 2.05) is 6.07 Å². The zero-order valence-corrected chi connectivity index (χ0v) is 10.3. The molecule has 0 amide bonds. The number of carbonyl (C=O) groups excluding carboxylic acids is 1. The highest BCUT2D eigenvalue weighted by molar-refractivity contribution is 7.99. The van der Waals surface area contributed by atoms with E-state index < -0.39 is 0 Å². The number of carbonyl (C=O) groups is 1. The van der Waals surface area contributed by atoms with Gasteiger partial charge in [-0.2, -0.15) is 5.26 Å². The number of benzene rings is 1. The van der Waals surface area contributed by atoms with Gasteiger partial charge in [0, 0.05) is 5.75 Å². The van der Waals surface area contributed by atoms with Crippen LogP contribution in [0.2, 0.25) is 0 Å². The highest BCUT2D eigenvalue weighted by Gasteiger charge is 2.00. The van der Waals surface area contributed by atoms with Gasteiger partial charge < -0.3 is 9.47 Å². The average Bonchev–Trinajstić information content (AvgIpc) is 2.38. The first kappa shape index (κ1) is 13.4. The van der Waals surface area contributed by atoms with Crippen molar-refractivity contribution in [2.45, 2.75) is 0 Å². The van der Waals surface area contributed by atoms with Crippen molar-refractivity contribution in [2.24, 2.45) is 0 Å². The van der Waals surface area contributed by atoms with Gasteiger partial charge in [-0.25, -0.2) is 0 Å². The normalized spacial score (nSPS) is 9.41. The molecule has 1 rings (SSSR count). The summed E-state index contributed by atoms with van der Waals surface area (Å²) in [6, 6.07) is 9.02. The second-order valence-corrected chi connectivity index (χ2v) is 4.22. The van der Waals surface area contributed by atoms with Gasteiger partial charge in [-0.15, -0.1) is 11.8 Å². The third kappa shape index (κ3) is 5.27. The zero-order chi connectivity index (χ0) is 12.5. The monoisotopic (exact) mass is 251 g/mol. The summed E-state index contributed by atoms with van der Waals surface area (Å²) in [5.74, 6) is 1.47. The standard InChI is InChI=1S/C12H13NO3S/c1-15-12(14)9-17-6-5-16-11-4-2-3-10(7-11)8-13/h2-4,7H,5-6,9H2,1H3. The van der Waals surface area contributed by atoms with Crippen molar-refractivity contribution >= 4 is 17.7 Å². The third-order valence-electron chi connectivity index (χ3n) is 1.91. The topological polar surface area (TPSA) is 59.3 Å². The summed E-state index contributed by atoms with van der Waals surface area (Å²) in [5, 5.41) is 8.70. The van der Waals surface area contributed by atoms with Gasteiger partial charge in [-0.3, -0.25) is 4.79 Å². The molecular formula is C12H13NO3S. The molecule has 0 bridgehead atoms. The van der Waals surface area contributed by atoms with Crippen LogP contribution in [0.1, 0.15) is 5.56 Å². The molecule has 0 N–H and O–H groups in total. The summed E-state index contributed by atoms with van der Waals surface area (Å²) >= 11 is 1.45. The molecule has 0 heterocycles. The van der Waals surface area contributed by atoms with E-state index >= 15 is 0 Å². The summed E-state index contributed by atoms with van der Waals surface area (Å²) in [6.07, 6.45) is 0. The minimum atomic E-state index is -0.235. The van der Waals surface area contributed by atoms with E-state index in [2.05, 4.69) is 4.74 Å². The lowest BCUT2D eigenvalue weighted by Gasteiger charge is -2.05. The summed E-state index contributed by atoms with van der Waals surface area (Å²) < 4.78 is 9.95. The first-order valence-corrected chi connectivity index (χ1v) is 6.19. The molecule has 0 aliphatic heterocycles. The second kappa shape index (κ2) is 7.58. The number of ether oxygens (including phenoxy) is 2. The largest absolute Gasteiger partial charge is 0.493 e. The Labute approximate surface area is 105 Å². The number of esters is 1. The Kier molecular flexibility index (Phi) is 5.97. The van der Waals surface area contributed by atoms with Gasteiger partial charge >= 0.3 is 5.97 Å². The number of methoxy groups -OCH3 is 1. The molecule has 4 nitrogen and oxygen atoms in total. The SMILES string of the molecule is COC(=O)CSCCOc1cccc(C#N)c1. The summed E-state index contributed by atoms with van der Waals surface area (Å²) in [5.41, 5.74) is 0.574. The van der Waals surface area contributed by atoms with Crippen molar-refractivity contribution in [2.75, 3.05) is 25.2 Å². The summed E-state index contributed by atoms with van der Waals surface area (Å²) in [6.45, 7) is 0.497. The third-order valence-corrected chi connectivity index (χ3v) is 2.80. The number of hydrogen-bond donors (Lipinski definition) is 0. The molecule has 0 fully saturated rings. The zero-order valence-electron chi connectivity index (χ0n) is 9.51. The van der Waals surface area contributed by atoms with Crippen LogP contribution in [0.3, 0.4) is 0 Å². The van der Waals surface area contributed by atoms with Crippen LogP contribution in [0.15, 0.2) is 24.3 Å². The summed E-state index contributed by atoms with van der Waals surface area (Å²) in [7, 11) is 1.37. The lowest BCUT2D eigenvalue weighted by Crippen LogP contribution is -2.06. The number of nitrogens with zero attached hydrogens (tertiary/aromatic N) is 1. The molecule has 1 aromatic carbocycles. The van der Waals surface area contributed by atoms with Gasteiger partial charge in [0.2, 0.25) is 0 Å². The van der Waals surface area contributed by atoms with Crippen molar-refractivity contribution < 1.29 is 14.3 Å². The molecular weight excluding hydrogens is 238 g/mol. The number of hydrogen-bond acceptors (Lipinski definition) is 5. The van der Waals surface area contributed by atoms with Crippen molar-refractivity contribution in [3.8, 4) is 11.8 Å². The lowest BCUT2D eigenvalue weighted by molar-refractivity contribution is -0.137. The predicted octanol–water partition coefficient (Wildman–Crippen LogP) is 1.84. The van der Waals surface area contributed by atoms with Crippen LogP contribution in [0.4, 0.5) is 0 Å². The molecule has 90 valence electrons. The average molecular weight is 251 g/mol. The number of thioether (sulfide) groups is 1. The highest BCUT2D eigenvalue weighted by atomic mass is 32.2. The van der Waals surface area contributed by atoms with E-state index in [-0.39, 0.29) is 5.97 Å². The van der Waals surface area contributed by atoms with E-state index in [4.69, 9.17) is 10.00 Å². The Balaban J connectivity index is 2.22. The van der Waals surface area contributed by atoms with Crippen LogP contribution in [0, 0.1) is 11.3 Å². The van der Waals surface area contributed by atoms with Gasteiger partial charge in [0.05, 0.1) is 31.1 Å². The molecule has 0 aliphatic rings. The Morgan fingerprint density at radius 2 is 2.35 bits per heavy atom. The van der Waals surface area contributed by atoms with Gasteiger partial charge in [-0.05, 0) is 18.2 Å². The van der Waals surface area contributed by atoms with Crippen LogP contribution in [0.25, 0.3) is 0 Å². The van der Waals surface area contributed by atoms with E-state index in [9.17, 15) is 4.79 Å². The Morgan fingerprint density at radius 1 is 1.53 bits per heavy atom.